The Morgan fingerprint density at radius 3 is 2.43 bits per heavy atom. The summed E-state index contributed by atoms with van der Waals surface area (Å²) in [6.45, 7) is 10.0. The first-order valence-electron chi connectivity index (χ1n) is 10.8. The van der Waals surface area contributed by atoms with Gasteiger partial charge in [0.25, 0.3) is 0 Å². The molecule has 0 aliphatic carbocycles. The molecule has 2 aliphatic rings. The molecular formula is C21H35N5O3S. The van der Waals surface area contributed by atoms with Crippen LogP contribution in [0.4, 0.5) is 0 Å². The van der Waals surface area contributed by atoms with Gasteiger partial charge >= 0.3 is 0 Å². The van der Waals surface area contributed by atoms with Gasteiger partial charge in [0, 0.05) is 78.4 Å². The molecule has 0 saturated carbocycles. The SMILES string of the molecule is Cc1cccc(S(=O)(=O)N(CCC(=O)N2CCNCC2)CCN2CCN(C)CC2)c1. The summed E-state index contributed by atoms with van der Waals surface area (Å²) in [7, 11) is -1.54. The number of hydrogen-bond donors (Lipinski definition) is 1. The number of aryl methyl sites for hydroxylation is 1. The maximum Gasteiger partial charge on any atom is 0.243 e. The van der Waals surface area contributed by atoms with Crippen molar-refractivity contribution in [2.45, 2.75) is 18.2 Å². The highest BCUT2D eigenvalue weighted by Crippen LogP contribution is 2.18. The van der Waals surface area contributed by atoms with Gasteiger partial charge in [0.05, 0.1) is 4.90 Å². The summed E-state index contributed by atoms with van der Waals surface area (Å²) < 4.78 is 28.2. The fraction of sp³-hybridized carbons (Fsp3) is 0.667. The van der Waals surface area contributed by atoms with Gasteiger partial charge in [-0.15, -0.1) is 0 Å². The standard InChI is InChI=1S/C21H35N5O3S/c1-19-4-3-5-20(18-19)30(28,29)26(17-16-24-14-12-23(2)13-15-24)9-6-21(27)25-10-7-22-8-11-25/h3-5,18,22H,6-17H2,1-2H3. The van der Waals surface area contributed by atoms with Crippen molar-refractivity contribution < 1.29 is 13.2 Å². The highest BCUT2D eigenvalue weighted by molar-refractivity contribution is 7.89. The summed E-state index contributed by atoms with van der Waals surface area (Å²) in [6.07, 6.45) is 0.216. The average Bonchev–Trinajstić information content (AvgIpc) is 2.75. The van der Waals surface area contributed by atoms with E-state index in [1.807, 2.05) is 17.9 Å². The molecule has 0 aromatic heterocycles. The second-order valence-corrected chi connectivity index (χ2v) is 10.2. The van der Waals surface area contributed by atoms with Gasteiger partial charge < -0.3 is 15.1 Å². The number of rotatable bonds is 8. The second kappa shape index (κ2) is 10.7. The fourth-order valence-corrected chi connectivity index (χ4v) is 5.43. The Bertz CT molecular complexity index is 803. The number of nitrogens with one attached hydrogen (secondary N) is 1. The van der Waals surface area contributed by atoms with Crippen molar-refractivity contribution in [2.75, 3.05) is 79.0 Å². The molecule has 1 amide bonds. The lowest BCUT2D eigenvalue weighted by Crippen LogP contribution is -2.49. The maximum atomic E-state index is 13.4. The van der Waals surface area contributed by atoms with Gasteiger partial charge in [-0.1, -0.05) is 12.1 Å². The molecule has 0 atom stereocenters. The lowest BCUT2D eigenvalue weighted by molar-refractivity contribution is -0.131. The number of sulfonamides is 1. The van der Waals surface area contributed by atoms with Gasteiger partial charge in [0.2, 0.25) is 15.9 Å². The molecule has 30 heavy (non-hydrogen) atoms. The second-order valence-electron chi connectivity index (χ2n) is 8.25. The van der Waals surface area contributed by atoms with Crippen LogP contribution in [0.25, 0.3) is 0 Å². The molecule has 2 aliphatic heterocycles. The van der Waals surface area contributed by atoms with Gasteiger partial charge in [-0.25, -0.2) is 8.42 Å². The molecule has 0 bridgehead atoms. The summed E-state index contributed by atoms with van der Waals surface area (Å²) in [6, 6.07) is 7.01. The third-order valence-electron chi connectivity index (χ3n) is 5.93. The smallest absolute Gasteiger partial charge is 0.243 e. The average molecular weight is 438 g/mol. The van der Waals surface area contributed by atoms with Gasteiger partial charge in [-0.2, -0.15) is 4.31 Å². The first-order chi connectivity index (χ1) is 14.4. The van der Waals surface area contributed by atoms with Crippen LogP contribution in [0.15, 0.2) is 29.2 Å². The minimum Gasteiger partial charge on any atom is -0.340 e. The number of carbonyl (C=O) groups is 1. The molecule has 3 rings (SSSR count). The predicted octanol–water partition coefficient (Wildman–Crippen LogP) is 0.0550. The van der Waals surface area contributed by atoms with E-state index in [1.54, 1.807) is 18.2 Å². The molecule has 1 aromatic carbocycles. The molecule has 2 saturated heterocycles. The van der Waals surface area contributed by atoms with Crippen LogP contribution in [0.5, 0.6) is 0 Å². The van der Waals surface area contributed by atoms with E-state index in [1.165, 1.54) is 4.31 Å². The zero-order valence-corrected chi connectivity index (χ0v) is 19.0. The molecule has 0 radical (unpaired) electrons. The number of benzene rings is 1. The quantitative estimate of drug-likeness (QED) is 0.620. The fourth-order valence-electron chi connectivity index (χ4n) is 3.89. The molecule has 0 spiro atoms. The Morgan fingerprint density at radius 1 is 1.07 bits per heavy atom. The Labute approximate surface area is 180 Å². The highest BCUT2D eigenvalue weighted by Gasteiger charge is 2.27. The van der Waals surface area contributed by atoms with Gasteiger partial charge in [-0.05, 0) is 31.7 Å². The van der Waals surface area contributed by atoms with E-state index < -0.39 is 10.0 Å². The Kier molecular flexibility index (Phi) is 8.24. The molecule has 9 heteroatoms. The predicted molar refractivity (Wildman–Crippen MR) is 118 cm³/mol. The molecule has 0 unspecified atom stereocenters. The van der Waals surface area contributed by atoms with Crippen LogP contribution in [-0.4, -0.2) is 112 Å². The molecule has 8 nitrogen and oxygen atoms in total. The van der Waals surface area contributed by atoms with Crippen molar-refractivity contribution in [3.05, 3.63) is 29.8 Å². The zero-order valence-electron chi connectivity index (χ0n) is 18.2. The minimum absolute atomic E-state index is 0.0283. The van der Waals surface area contributed by atoms with Crippen LogP contribution in [0.2, 0.25) is 0 Å². The Hall–Kier alpha value is -1.52. The van der Waals surface area contributed by atoms with Crippen molar-refractivity contribution in [3.63, 3.8) is 0 Å². The Morgan fingerprint density at radius 2 is 1.77 bits per heavy atom. The third-order valence-corrected chi connectivity index (χ3v) is 7.83. The summed E-state index contributed by atoms with van der Waals surface area (Å²) in [5.41, 5.74) is 0.909. The van der Waals surface area contributed by atoms with Crippen LogP contribution in [0, 0.1) is 6.92 Å². The third kappa shape index (κ3) is 6.24. The maximum absolute atomic E-state index is 13.4. The van der Waals surface area contributed by atoms with Crippen LogP contribution < -0.4 is 5.32 Å². The molecule has 2 fully saturated rings. The van der Waals surface area contributed by atoms with Crippen molar-refractivity contribution >= 4 is 15.9 Å². The topological polar surface area (TPSA) is 76.2 Å². The van der Waals surface area contributed by atoms with E-state index in [9.17, 15) is 13.2 Å². The molecule has 168 valence electrons. The van der Waals surface area contributed by atoms with Crippen LogP contribution in [-0.2, 0) is 14.8 Å². The number of hydrogen-bond acceptors (Lipinski definition) is 6. The number of likely N-dealkylation sites (N-methyl/N-ethyl adjacent to an activating group) is 1. The first-order valence-corrected chi connectivity index (χ1v) is 12.3. The van der Waals surface area contributed by atoms with E-state index in [4.69, 9.17) is 0 Å². The normalized spacial score (nSPS) is 19.4. The largest absolute Gasteiger partial charge is 0.340 e. The van der Waals surface area contributed by atoms with E-state index in [-0.39, 0.29) is 18.9 Å². The van der Waals surface area contributed by atoms with Gasteiger partial charge in [0.15, 0.2) is 0 Å². The zero-order chi connectivity index (χ0) is 21.6. The molecular weight excluding hydrogens is 402 g/mol. The summed E-state index contributed by atoms with van der Waals surface area (Å²) >= 11 is 0. The monoisotopic (exact) mass is 437 g/mol. The molecule has 1 aromatic rings. The van der Waals surface area contributed by atoms with E-state index in [0.29, 0.717) is 31.1 Å². The van der Waals surface area contributed by atoms with E-state index in [0.717, 1.165) is 44.8 Å². The Balaban J connectivity index is 1.68. The summed E-state index contributed by atoms with van der Waals surface area (Å²) in [5.74, 6) is 0.0283. The van der Waals surface area contributed by atoms with E-state index >= 15 is 0 Å². The first kappa shape index (κ1) is 23.1. The number of piperazine rings is 2. The van der Waals surface area contributed by atoms with Crippen molar-refractivity contribution in [2.24, 2.45) is 0 Å². The van der Waals surface area contributed by atoms with Crippen molar-refractivity contribution in [1.29, 1.82) is 0 Å². The summed E-state index contributed by atoms with van der Waals surface area (Å²) in [5, 5.41) is 3.24. The summed E-state index contributed by atoms with van der Waals surface area (Å²) in [4.78, 5) is 19.3. The van der Waals surface area contributed by atoms with Gasteiger partial charge in [0.1, 0.15) is 0 Å². The van der Waals surface area contributed by atoms with Gasteiger partial charge in [-0.3, -0.25) is 9.69 Å². The molecule has 1 N–H and O–H groups in total. The lowest BCUT2D eigenvalue weighted by atomic mass is 10.2. The van der Waals surface area contributed by atoms with E-state index in [2.05, 4.69) is 22.2 Å². The van der Waals surface area contributed by atoms with Crippen LogP contribution in [0.1, 0.15) is 12.0 Å². The number of nitrogens with zero attached hydrogens (tertiary/aromatic N) is 4. The minimum atomic E-state index is -3.65. The van der Waals surface area contributed by atoms with Crippen LogP contribution >= 0.6 is 0 Å². The molecule has 2 heterocycles. The van der Waals surface area contributed by atoms with Crippen molar-refractivity contribution in [3.8, 4) is 0 Å². The highest BCUT2D eigenvalue weighted by atomic mass is 32.2. The lowest BCUT2D eigenvalue weighted by Gasteiger charge is -2.34. The van der Waals surface area contributed by atoms with Crippen molar-refractivity contribution in [1.82, 2.24) is 24.3 Å². The van der Waals surface area contributed by atoms with Crippen LogP contribution in [0.3, 0.4) is 0 Å². The number of amides is 1. The number of carbonyl (C=O) groups excluding carboxylic acids is 1.